The number of carbonyl (C=O) groups is 1. The second-order valence-corrected chi connectivity index (χ2v) is 5.60. The van der Waals surface area contributed by atoms with Crippen molar-refractivity contribution in [1.82, 2.24) is 5.32 Å². The van der Waals surface area contributed by atoms with Gasteiger partial charge in [-0.3, -0.25) is 4.79 Å². The number of carboxylic acids is 1. The lowest BCUT2D eigenvalue weighted by Crippen LogP contribution is -2.52. The molecule has 1 aliphatic carbocycles. The van der Waals surface area contributed by atoms with E-state index in [4.69, 9.17) is 0 Å². The zero-order valence-electron chi connectivity index (χ0n) is 11.8. The quantitative estimate of drug-likeness (QED) is 0.808. The maximum atomic E-state index is 11.6. The minimum Gasteiger partial charge on any atom is -0.480 e. The molecular formula is C15H29NO2. The first-order chi connectivity index (χ1) is 8.71. The third-order valence-corrected chi connectivity index (χ3v) is 4.13. The molecule has 2 N–H and O–H groups in total. The van der Waals surface area contributed by atoms with E-state index in [1.54, 1.807) is 0 Å². The predicted molar refractivity (Wildman–Crippen MR) is 74.8 cm³/mol. The molecule has 0 spiro atoms. The van der Waals surface area contributed by atoms with E-state index < -0.39 is 11.5 Å². The van der Waals surface area contributed by atoms with Gasteiger partial charge in [-0.1, -0.05) is 64.7 Å². The Morgan fingerprint density at radius 2 is 1.33 bits per heavy atom. The summed E-state index contributed by atoms with van der Waals surface area (Å²) in [7, 11) is 0. The van der Waals surface area contributed by atoms with Gasteiger partial charge in [0.15, 0.2) is 0 Å². The van der Waals surface area contributed by atoms with E-state index in [2.05, 4.69) is 5.32 Å². The van der Waals surface area contributed by atoms with Crippen molar-refractivity contribution in [3.63, 3.8) is 0 Å². The van der Waals surface area contributed by atoms with Crippen LogP contribution in [0.3, 0.4) is 0 Å². The van der Waals surface area contributed by atoms with Gasteiger partial charge < -0.3 is 10.4 Å². The molecule has 0 amide bonds. The Hall–Kier alpha value is -0.570. The van der Waals surface area contributed by atoms with Gasteiger partial charge in [0.05, 0.1) is 0 Å². The van der Waals surface area contributed by atoms with E-state index in [0.29, 0.717) is 0 Å². The highest BCUT2D eigenvalue weighted by Gasteiger charge is 2.36. The summed E-state index contributed by atoms with van der Waals surface area (Å²) in [4.78, 5) is 11.6. The van der Waals surface area contributed by atoms with Crippen LogP contribution in [0.4, 0.5) is 0 Å². The molecule has 0 atom stereocenters. The van der Waals surface area contributed by atoms with E-state index in [1.165, 1.54) is 44.9 Å². The molecule has 1 rings (SSSR count). The molecule has 1 saturated carbocycles. The van der Waals surface area contributed by atoms with Crippen molar-refractivity contribution in [2.24, 2.45) is 0 Å². The first kappa shape index (κ1) is 15.5. The monoisotopic (exact) mass is 255 g/mol. The van der Waals surface area contributed by atoms with Crippen molar-refractivity contribution in [3.8, 4) is 0 Å². The first-order valence-corrected chi connectivity index (χ1v) is 7.70. The van der Waals surface area contributed by atoms with Crippen LogP contribution in [0.1, 0.15) is 77.6 Å². The minimum atomic E-state index is -0.659. The van der Waals surface area contributed by atoms with E-state index in [0.717, 1.165) is 32.2 Å². The Bertz CT molecular complexity index is 229. The normalized spacial score (nSPS) is 22.7. The molecule has 0 saturated heterocycles. The Kier molecular flexibility index (Phi) is 7.33. The zero-order chi connectivity index (χ0) is 13.3. The van der Waals surface area contributed by atoms with Crippen LogP contribution in [-0.4, -0.2) is 23.2 Å². The van der Waals surface area contributed by atoms with Gasteiger partial charge in [0.2, 0.25) is 0 Å². The van der Waals surface area contributed by atoms with Crippen molar-refractivity contribution in [2.75, 3.05) is 6.54 Å². The molecular weight excluding hydrogens is 226 g/mol. The maximum Gasteiger partial charge on any atom is 0.323 e. The summed E-state index contributed by atoms with van der Waals surface area (Å²) in [5.74, 6) is -0.651. The summed E-state index contributed by atoms with van der Waals surface area (Å²) < 4.78 is 0. The van der Waals surface area contributed by atoms with Crippen molar-refractivity contribution in [2.45, 2.75) is 83.1 Å². The lowest BCUT2D eigenvalue weighted by molar-refractivity contribution is -0.145. The molecule has 1 aliphatic rings. The number of nitrogens with one attached hydrogen (secondary N) is 1. The van der Waals surface area contributed by atoms with Crippen LogP contribution in [0.25, 0.3) is 0 Å². The number of hydrogen-bond acceptors (Lipinski definition) is 2. The van der Waals surface area contributed by atoms with E-state index in [1.807, 2.05) is 6.92 Å². The van der Waals surface area contributed by atoms with Crippen molar-refractivity contribution in [1.29, 1.82) is 0 Å². The van der Waals surface area contributed by atoms with Gasteiger partial charge in [0.1, 0.15) is 5.54 Å². The average molecular weight is 255 g/mol. The fraction of sp³-hybridized carbons (Fsp3) is 0.933. The first-order valence-electron chi connectivity index (χ1n) is 7.70. The standard InChI is InChI=1S/C15H29NO2/c1-2-16-15(14(17)18)12-10-8-6-4-3-5-7-9-11-13-15/h16H,2-13H2,1H3,(H,17,18). The molecule has 0 unspecified atom stereocenters. The summed E-state index contributed by atoms with van der Waals surface area (Å²) in [5, 5.41) is 12.8. The van der Waals surface area contributed by atoms with Gasteiger partial charge in [-0.2, -0.15) is 0 Å². The number of rotatable bonds is 3. The summed E-state index contributed by atoms with van der Waals surface area (Å²) in [5.41, 5.74) is -0.659. The topological polar surface area (TPSA) is 49.3 Å². The van der Waals surface area contributed by atoms with Crippen LogP contribution < -0.4 is 5.32 Å². The molecule has 1 fully saturated rings. The maximum absolute atomic E-state index is 11.6. The third-order valence-electron chi connectivity index (χ3n) is 4.13. The second kappa shape index (κ2) is 8.52. The molecule has 3 heteroatoms. The number of carboxylic acid groups (broad SMARTS) is 1. The van der Waals surface area contributed by atoms with Gasteiger partial charge in [-0.25, -0.2) is 0 Å². The van der Waals surface area contributed by atoms with Gasteiger partial charge in [0, 0.05) is 0 Å². The predicted octanol–water partition coefficient (Wildman–Crippen LogP) is 3.72. The summed E-state index contributed by atoms with van der Waals surface area (Å²) in [6.45, 7) is 2.74. The Balaban J connectivity index is 2.60. The zero-order valence-corrected chi connectivity index (χ0v) is 11.8. The van der Waals surface area contributed by atoms with Crippen LogP contribution in [0.15, 0.2) is 0 Å². The Morgan fingerprint density at radius 1 is 0.944 bits per heavy atom. The molecule has 0 aromatic carbocycles. The smallest absolute Gasteiger partial charge is 0.323 e. The number of hydrogen-bond donors (Lipinski definition) is 2. The minimum absolute atomic E-state index is 0.651. The van der Waals surface area contributed by atoms with Crippen LogP contribution in [0.2, 0.25) is 0 Å². The fourth-order valence-electron chi connectivity index (χ4n) is 3.02. The highest BCUT2D eigenvalue weighted by atomic mass is 16.4. The SMILES string of the molecule is CCNC1(C(=O)O)CCCCCCCCCCC1. The molecule has 106 valence electrons. The van der Waals surface area contributed by atoms with Gasteiger partial charge >= 0.3 is 5.97 Å². The van der Waals surface area contributed by atoms with E-state index >= 15 is 0 Å². The summed E-state index contributed by atoms with van der Waals surface area (Å²) in [6.07, 6.45) is 12.6. The van der Waals surface area contributed by atoms with Crippen molar-refractivity contribution in [3.05, 3.63) is 0 Å². The lowest BCUT2D eigenvalue weighted by Gasteiger charge is -2.31. The van der Waals surface area contributed by atoms with Crippen LogP contribution >= 0.6 is 0 Å². The average Bonchev–Trinajstić information content (AvgIpc) is 2.32. The van der Waals surface area contributed by atoms with E-state index in [9.17, 15) is 9.90 Å². The summed E-state index contributed by atoms with van der Waals surface area (Å²) in [6, 6.07) is 0. The number of likely N-dealkylation sites (N-methyl/N-ethyl adjacent to an activating group) is 1. The highest BCUT2D eigenvalue weighted by Crippen LogP contribution is 2.25. The van der Waals surface area contributed by atoms with Crippen LogP contribution in [0, 0.1) is 0 Å². The Labute approximate surface area is 111 Å². The molecule has 3 nitrogen and oxygen atoms in total. The largest absolute Gasteiger partial charge is 0.480 e. The molecule has 0 aliphatic heterocycles. The third kappa shape index (κ3) is 4.97. The van der Waals surface area contributed by atoms with Gasteiger partial charge in [0.25, 0.3) is 0 Å². The molecule has 0 radical (unpaired) electrons. The highest BCUT2D eigenvalue weighted by molar-refractivity contribution is 5.78. The van der Waals surface area contributed by atoms with Gasteiger partial charge in [-0.15, -0.1) is 0 Å². The molecule has 0 heterocycles. The second-order valence-electron chi connectivity index (χ2n) is 5.60. The lowest BCUT2D eigenvalue weighted by atomic mass is 9.85. The molecule has 0 aromatic rings. The molecule has 0 aromatic heterocycles. The summed E-state index contributed by atoms with van der Waals surface area (Å²) >= 11 is 0. The number of aliphatic carboxylic acids is 1. The van der Waals surface area contributed by atoms with Gasteiger partial charge in [-0.05, 0) is 19.4 Å². The van der Waals surface area contributed by atoms with Crippen LogP contribution in [-0.2, 0) is 4.79 Å². The Morgan fingerprint density at radius 3 is 1.67 bits per heavy atom. The molecule has 0 bridgehead atoms. The van der Waals surface area contributed by atoms with Crippen molar-refractivity contribution < 1.29 is 9.90 Å². The van der Waals surface area contributed by atoms with E-state index in [-0.39, 0.29) is 0 Å². The van der Waals surface area contributed by atoms with Crippen LogP contribution in [0.5, 0.6) is 0 Å². The molecule has 18 heavy (non-hydrogen) atoms. The fourth-order valence-corrected chi connectivity index (χ4v) is 3.02. The van der Waals surface area contributed by atoms with Crippen molar-refractivity contribution >= 4 is 5.97 Å².